The Balaban J connectivity index is 1.65. The molecular formula is C26H21NO3. The van der Waals surface area contributed by atoms with Gasteiger partial charge in [-0.3, -0.25) is 9.59 Å². The van der Waals surface area contributed by atoms with Gasteiger partial charge in [0.2, 0.25) is 11.8 Å². The highest BCUT2D eigenvalue weighted by Gasteiger charge is 2.55. The van der Waals surface area contributed by atoms with Gasteiger partial charge in [-0.25, -0.2) is 4.90 Å². The van der Waals surface area contributed by atoms with Gasteiger partial charge >= 0.3 is 0 Å². The fraction of sp³-hybridized carbons (Fsp3) is 0.154. The van der Waals surface area contributed by atoms with Crippen LogP contribution in [-0.2, 0) is 9.59 Å². The lowest BCUT2D eigenvalue weighted by molar-refractivity contribution is -0.122. The zero-order valence-electron chi connectivity index (χ0n) is 16.3. The maximum absolute atomic E-state index is 13.6. The summed E-state index contributed by atoms with van der Waals surface area (Å²) in [7, 11) is 0. The number of anilines is 1. The van der Waals surface area contributed by atoms with Crippen molar-refractivity contribution < 1.29 is 14.7 Å². The van der Waals surface area contributed by atoms with Gasteiger partial charge in [0.05, 0.1) is 17.5 Å². The topological polar surface area (TPSA) is 57.6 Å². The van der Waals surface area contributed by atoms with E-state index in [0.29, 0.717) is 0 Å². The quantitative estimate of drug-likeness (QED) is 0.519. The highest BCUT2D eigenvalue weighted by atomic mass is 16.3. The van der Waals surface area contributed by atoms with Crippen molar-refractivity contribution in [2.75, 3.05) is 4.90 Å². The van der Waals surface area contributed by atoms with Gasteiger partial charge < -0.3 is 5.11 Å². The molecule has 3 aromatic rings. The summed E-state index contributed by atoms with van der Waals surface area (Å²) >= 11 is 0. The second-order valence-corrected chi connectivity index (χ2v) is 7.81. The minimum absolute atomic E-state index is 0.0710. The summed E-state index contributed by atoms with van der Waals surface area (Å²) in [6.45, 7) is 0. The molecule has 0 saturated carbocycles. The molecule has 1 aliphatic heterocycles. The predicted molar refractivity (Wildman–Crippen MR) is 115 cm³/mol. The van der Waals surface area contributed by atoms with Crippen molar-refractivity contribution in [2.24, 2.45) is 11.8 Å². The number of hydrogen-bond acceptors (Lipinski definition) is 3. The summed E-state index contributed by atoms with van der Waals surface area (Å²) in [5, 5.41) is 10.3. The largest absolute Gasteiger partial charge is 0.506 e. The SMILES string of the molecule is O=C1[C@H]2[C@H](C(=O)N1c1ccccc1O)[C@@H](c1ccccc1)C=C[C@@H]2c1ccccc1. The van der Waals surface area contributed by atoms with Gasteiger partial charge in [-0.15, -0.1) is 0 Å². The maximum atomic E-state index is 13.6. The third kappa shape index (κ3) is 2.84. The zero-order valence-corrected chi connectivity index (χ0v) is 16.3. The first kappa shape index (κ1) is 18.4. The lowest BCUT2D eigenvalue weighted by Crippen LogP contribution is -2.31. The Morgan fingerprint density at radius 1 is 0.600 bits per heavy atom. The van der Waals surface area contributed by atoms with E-state index in [0.717, 1.165) is 11.1 Å². The van der Waals surface area contributed by atoms with Crippen LogP contribution in [0.25, 0.3) is 0 Å². The highest BCUT2D eigenvalue weighted by Crippen LogP contribution is 2.50. The van der Waals surface area contributed by atoms with Gasteiger partial charge in [0, 0.05) is 11.8 Å². The average Bonchev–Trinajstić information content (AvgIpc) is 3.06. The number of hydrogen-bond donors (Lipinski definition) is 1. The minimum atomic E-state index is -0.519. The number of aromatic hydroxyl groups is 1. The second kappa shape index (κ2) is 7.30. The number of para-hydroxylation sites is 2. The Labute approximate surface area is 175 Å². The van der Waals surface area contributed by atoms with E-state index >= 15 is 0 Å². The molecule has 2 amide bonds. The molecule has 30 heavy (non-hydrogen) atoms. The van der Waals surface area contributed by atoms with Crippen LogP contribution in [0.2, 0.25) is 0 Å². The smallest absolute Gasteiger partial charge is 0.238 e. The van der Waals surface area contributed by atoms with Gasteiger partial charge in [-0.05, 0) is 23.3 Å². The van der Waals surface area contributed by atoms with E-state index in [9.17, 15) is 14.7 Å². The van der Waals surface area contributed by atoms with E-state index in [1.165, 1.54) is 11.0 Å². The number of phenolic OH excluding ortho intramolecular Hbond substituents is 1. The van der Waals surface area contributed by atoms with Crippen molar-refractivity contribution in [3.8, 4) is 5.75 Å². The van der Waals surface area contributed by atoms with Crippen LogP contribution in [0.5, 0.6) is 5.75 Å². The lowest BCUT2D eigenvalue weighted by atomic mass is 9.68. The third-order valence-electron chi connectivity index (χ3n) is 6.19. The van der Waals surface area contributed by atoms with Gasteiger partial charge in [-0.1, -0.05) is 84.9 Å². The Hall–Kier alpha value is -3.66. The molecule has 4 atom stereocenters. The van der Waals surface area contributed by atoms with E-state index in [2.05, 4.69) is 12.2 Å². The molecule has 1 aliphatic carbocycles. The van der Waals surface area contributed by atoms with Crippen molar-refractivity contribution in [3.05, 3.63) is 108 Å². The molecule has 2 aliphatic rings. The first-order valence-electron chi connectivity index (χ1n) is 10.1. The van der Waals surface area contributed by atoms with E-state index in [-0.39, 0.29) is 35.1 Å². The predicted octanol–water partition coefficient (Wildman–Crippen LogP) is 4.64. The van der Waals surface area contributed by atoms with Gasteiger partial charge in [0.1, 0.15) is 5.75 Å². The molecule has 1 saturated heterocycles. The van der Waals surface area contributed by atoms with Crippen LogP contribution in [0, 0.1) is 11.8 Å². The standard InChI is InChI=1S/C26H21NO3/c28-22-14-8-7-13-21(22)27-25(29)23-19(17-9-3-1-4-10-17)15-16-20(24(23)26(27)30)18-11-5-2-6-12-18/h1-16,19-20,23-24,28H/t19-,20-,23-,24-/m1/s1. The Morgan fingerprint density at radius 2 is 1.03 bits per heavy atom. The number of carbonyl (C=O) groups excluding carboxylic acids is 2. The molecule has 0 unspecified atom stereocenters. The number of phenols is 1. The first-order chi connectivity index (χ1) is 14.7. The fourth-order valence-electron chi connectivity index (χ4n) is 4.82. The molecule has 0 aromatic heterocycles. The van der Waals surface area contributed by atoms with Crippen LogP contribution >= 0.6 is 0 Å². The number of carbonyl (C=O) groups is 2. The van der Waals surface area contributed by atoms with Crippen LogP contribution in [0.4, 0.5) is 5.69 Å². The molecule has 1 fully saturated rings. The first-order valence-corrected chi connectivity index (χ1v) is 10.1. The number of fused-ring (bicyclic) bond motifs is 1. The van der Waals surface area contributed by atoms with Crippen LogP contribution in [0.1, 0.15) is 23.0 Å². The molecule has 4 nitrogen and oxygen atoms in total. The van der Waals surface area contributed by atoms with E-state index in [1.54, 1.807) is 18.2 Å². The molecule has 0 radical (unpaired) electrons. The number of allylic oxidation sites excluding steroid dienone is 2. The molecule has 3 aromatic carbocycles. The lowest BCUT2D eigenvalue weighted by Gasteiger charge is -2.32. The van der Waals surface area contributed by atoms with Gasteiger partial charge in [0.15, 0.2) is 0 Å². The van der Waals surface area contributed by atoms with Gasteiger partial charge in [0.25, 0.3) is 0 Å². The molecule has 148 valence electrons. The van der Waals surface area contributed by atoms with E-state index < -0.39 is 11.8 Å². The number of imide groups is 1. The van der Waals surface area contributed by atoms with Crippen molar-refractivity contribution in [1.82, 2.24) is 0 Å². The van der Waals surface area contributed by atoms with Crippen LogP contribution in [0.15, 0.2) is 97.1 Å². The second-order valence-electron chi connectivity index (χ2n) is 7.81. The van der Waals surface area contributed by atoms with Crippen LogP contribution in [0.3, 0.4) is 0 Å². The summed E-state index contributed by atoms with van der Waals surface area (Å²) in [6.07, 6.45) is 4.13. The van der Waals surface area contributed by atoms with Crippen LogP contribution in [-0.4, -0.2) is 16.9 Å². The van der Waals surface area contributed by atoms with Gasteiger partial charge in [-0.2, -0.15) is 0 Å². The molecule has 0 spiro atoms. The Morgan fingerprint density at radius 3 is 1.50 bits per heavy atom. The van der Waals surface area contributed by atoms with Crippen molar-refractivity contribution >= 4 is 17.5 Å². The van der Waals surface area contributed by atoms with Crippen molar-refractivity contribution in [1.29, 1.82) is 0 Å². The summed E-state index contributed by atoms with van der Waals surface area (Å²) < 4.78 is 0. The molecule has 0 bridgehead atoms. The summed E-state index contributed by atoms with van der Waals surface area (Å²) in [6, 6.07) is 26.2. The highest BCUT2D eigenvalue weighted by molar-refractivity contribution is 6.23. The molecule has 1 N–H and O–H groups in total. The summed E-state index contributed by atoms with van der Waals surface area (Å²) in [5.74, 6) is -2.01. The monoisotopic (exact) mass is 395 g/mol. The molecular weight excluding hydrogens is 374 g/mol. The number of nitrogens with zero attached hydrogens (tertiary/aromatic N) is 1. The van der Waals surface area contributed by atoms with Crippen molar-refractivity contribution in [3.63, 3.8) is 0 Å². The number of rotatable bonds is 3. The molecule has 4 heteroatoms. The zero-order chi connectivity index (χ0) is 20.7. The molecule has 1 heterocycles. The maximum Gasteiger partial charge on any atom is 0.238 e. The fourth-order valence-corrected chi connectivity index (χ4v) is 4.82. The Bertz CT molecular complexity index is 1060. The normalized spacial score (nSPS) is 25.4. The number of amides is 2. The summed E-state index contributed by atoms with van der Waals surface area (Å²) in [4.78, 5) is 28.4. The average molecular weight is 395 g/mol. The van der Waals surface area contributed by atoms with Crippen LogP contribution < -0.4 is 4.90 Å². The van der Waals surface area contributed by atoms with E-state index in [4.69, 9.17) is 0 Å². The summed E-state index contributed by atoms with van der Waals surface area (Å²) in [5.41, 5.74) is 2.27. The van der Waals surface area contributed by atoms with Crippen molar-refractivity contribution in [2.45, 2.75) is 11.8 Å². The minimum Gasteiger partial charge on any atom is -0.506 e. The number of benzene rings is 3. The third-order valence-corrected chi connectivity index (χ3v) is 6.19. The Kier molecular flexibility index (Phi) is 4.47. The molecule has 5 rings (SSSR count). The van der Waals surface area contributed by atoms with E-state index in [1.807, 2.05) is 60.7 Å².